The van der Waals surface area contributed by atoms with E-state index in [1.807, 2.05) is 48.9 Å². The average Bonchev–Trinajstić information content (AvgIpc) is 3.03. The van der Waals surface area contributed by atoms with E-state index < -0.39 is 0 Å². The van der Waals surface area contributed by atoms with E-state index in [4.69, 9.17) is 16.6 Å². The van der Waals surface area contributed by atoms with Crippen molar-refractivity contribution in [2.75, 3.05) is 5.32 Å². The highest BCUT2D eigenvalue weighted by Gasteiger charge is 2.15. The topological polar surface area (TPSA) is 66.5 Å². The van der Waals surface area contributed by atoms with Gasteiger partial charge in [-0.3, -0.25) is 0 Å². The smallest absolute Gasteiger partial charge is 0.223 e. The molecule has 4 aromatic rings. The minimum Gasteiger partial charge on any atom is -0.351 e. The molecule has 1 saturated carbocycles. The van der Waals surface area contributed by atoms with E-state index in [1.165, 1.54) is 38.5 Å². The van der Waals surface area contributed by atoms with Crippen molar-refractivity contribution < 1.29 is 0 Å². The van der Waals surface area contributed by atoms with Crippen molar-refractivity contribution in [3.63, 3.8) is 0 Å². The Kier molecular flexibility index (Phi) is 5.37. The molecule has 1 fully saturated rings. The molecule has 0 unspecified atom stereocenters. The van der Waals surface area contributed by atoms with Crippen LogP contribution in [0.15, 0.2) is 55.0 Å². The second kappa shape index (κ2) is 8.44. The van der Waals surface area contributed by atoms with Gasteiger partial charge in [-0.1, -0.05) is 49.4 Å². The zero-order chi connectivity index (χ0) is 20.3. The third-order valence-corrected chi connectivity index (χ3v) is 6.08. The van der Waals surface area contributed by atoms with Gasteiger partial charge in [-0.05, 0) is 42.7 Å². The van der Waals surface area contributed by atoms with Crippen molar-refractivity contribution in [2.24, 2.45) is 0 Å². The highest BCUT2D eigenvalue weighted by molar-refractivity contribution is 6.30. The molecule has 1 aromatic carbocycles. The summed E-state index contributed by atoms with van der Waals surface area (Å²) in [6, 6.07) is 12.4. The van der Waals surface area contributed by atoms with Crippen molar-refractivity contribution in [1.82, 2.24) is 19.9 Å². The van der Waals surface area contributed by atoms with Crippen LogP contribution in [0.25, 0.3) is 33.4 Å². The molecular formula is C24H24ClN5. The first-order valence-corrected chi connectivity index (χ1v) is 11.0. The largest absolute Gasteiger partial charge is 0.351 e. The zero-order valence-electron chi connectivity index (χ0n) is 16.7. The van der Waals surface area contributed by atoms with Crippen LogP contribution >= 0.6 is 11.6 Å². The monoisotopic (exact) mass is 417 g/mol. The van der Waals surface area contributed by atoms with E-state index in [0.29, 0.717) is 12.0 Å². The Labute approximate surface area is 180 Å². The fourth-order valence-corrected chi connectivity index (χ4v) is 4.33. The van der Waals surface area contributed by atoms with Gasteiger partial charge in [-0.15, -0.1) is 0 Å². The molecular weight excluding hydrogens is 394 g/mol. The van der Waals surface area contributed by atoms with Crippen molar-refractivity contribution >= 4 is 28.6 Å². The molecule has 2 N–H and O–H groups in total. The minimum absolute atomic E-state index is 0.462. The third-order valence-electron chi connectivity index (χ3n) is 5.83. The number of anilines is 1. The molecule has 0 radical (unpaired) electrons. The van der Waals surface area contributed by atoms with Gasteiger partial charge >= 0.3 is 0 Å². The first-order chi connectivity index (χ1) is 14.8. The number of hydrogen-bond acceptors (Lipinski definition) is 4. The molecule has 1 aliphatic rings. The Hall–Kier alpha value is -2.92. The molecule has 0 atom stereocenters. The number of nitrogens with one attached hydrogen (secondary N) is 2. The number of aromatic amines is 1. The van der Waals surface area contributed by atoms with Gasteiger partial charge in [0.1, 0.15) is 5.65 Å². The average molecular weight is 418 g/mol. The number of hydrogen-bond donors (Lipinski definition) is 2. The molecule has 0 saturated heterocycles. The van der Waals surface area contributed by atoms with Crippen molar-refractivity contribution in [2.45, 2.75) is 44.6 Å². The number of halogens is 1. The van der Waals surface area contributed by atoms with Crippen LogP contribution in [0.4, 0.5) is 5.95 Å². The molecule has 5 nitrogen and oxygen atoms in total. The molecule has 3 aromatic heterocycles. The molecule has 30 heavy (non-hydrogen) atoms. The number of fused-ring (bicyclic) bond motifs is 1. The van der Waals surface area contributed by atoms with E-state index in [9.17, 15) is 0 Å². The van der Waals surface area contributed by atoms with Gasteiger partial charge in [0.2, 0.25) is 5.95 Å². The summed E-state index contributed by atoms with van der Waals surface area (Å²) in [5.74, 6) is 0.704. The van der Waals surface area contributed by atoms with Crippen LogP contribution in [0.1, 0.15) is 38.5 Å². The molecule has 6 heteroatoms. The molecule has 3 heterocycles. The van der Waals surface area contributed by atoms with Gasteiger partial charge in [0.05, 0.1) is 5.69 Å². The molecule has 0 aliphatic heterocycles. The summed E-state index contributed by atoms with van der Waals surface area (Å²) in [6.07, 6.45) is 13.3. The molecule has 0 amide bonds. The van der Waals surface area contributed by atoms with Crippen LogP contribution in [0, 0.1) is 0 Å². The highest BCUT2D eigenvalue weighted by Crippen LogP contribution is 2.31. The Morgan fingerprint density at radius 3 is 2.53 bits per heavy atom. The summed E-state index contributed by atoms with van der Waals surface area (Å²) in [5, 5.41) is 5.32. The van der Waals surface area contributed by atoms with Gasteiger partial charge < -0.3 is 10.3 Å². The maximum absolute atomic E-state index is 6.03. The van der Waals surface area contributed by atoms with Crippen molar-refractivity contribution in [1.29, 1.82) is 0 Å². The fourth-order valence-electron chi connectivity index (χ4n) is 4.20. The second-order valence-corrected chi connectivity index (χ2v) is 8.36. The van der Waals surface area contributed by atoms with E-state index in [1.54, 1.807) is 0 Å². The van der Waals surface area contributed by atoms with E-state index in [0.717, 1.165) is 38.4 Å². The number of rotatable bonds is 4. The van der Waals surface area contributed by atoms with Crippen molar-refractivity contribution in [3.8, 4) is 22.4 Å². The molecule has 1 aliphatic carbocycles. The van der Waals surface area contributed by atoms with Crippen LogP contribution in [0.2, 0.25) is 5.02 Å². The Morgan fingerprint density at radius 2 is 1.73 bits per heavy atom. The van der Waals surface area contributed by atoms with Crippen LogP contribution in [-0.4, -0.2) is 26.0 Å². The lowest BCUT2D eigenvalue weighted by Gasteiger charge is -2.16. The number of H-pyrrole nitrogens is 1. The number of benzene rings is 1. The lowest BCUT2D eigenvalue weighted by atomic mass is 10.0. The van der Waals surface area contributed by atoms with Crippen LogP contribution in [-0.2, 0) is 0 Å². The van der Waals surface area contributed by atoms with E-state index >= 15 is 0 Å². The third kappa shape index (κ3) is 4.03. The highest BCUT2D eigenvalue weighted by atomic mass is 35.5. The standard InChI is InChI=1S/C24H24ClN5/c25-18-9-7-16(8-10-18)17-13-20-21(15-28-23(20)27-14-17)22-11-12-26-24(30-22)29-19-5-3-1-2-4-6-19/h7-15,19H,1-6H2,(H,27,28)(H,26,29,30). The minimum atomic E-state index is 0.462. The molecule has 152 valence electrons. The van der Waals surface area contributed by atoms with E-state index in [-0.39, 0.29) is 0 Å². The van der Waals surface area contributed by atoms with Crippen molar-refractivity contribution in [3.05, 3.63) is 60.0 Å². The summed E-state index contributed by atoms with van der Waals surface area (Å²) >= 11 is 6.03. The lowest BCUT2D eigenvalue weighted by molar-refractivity contribution is 0.615. The van der Waals surface area contributed by atoms with E-state index in [2.05, 4.69) is 26.3 Å². The van der Waals surface area contributed by atoms with Gasteiger partial charge in [-0.2, -0.15) is 0 Å². The maximum Gasteiger partial charge on any atom is 0.223 e. The Morgan fingerprint density at radius 1 is 0.933 bits per heavy atom. The molecule has 0 bridgehead atoms. The van der Waals surface area contributed by atoms with Gasteiger partial charge in [-0.25, -0.2) is 15.0 Å². The van der Waals surface area contributed by atoms with Gasteiger partial charge in [0, 0.05) is 46.2 Å². The quantitative estimate of drug-likeness (QED) is 0.373. The Balaban J connectivity index is 1.47. The summed E-state index contributed by atoms with van der Waals surface area (Å²) in [6.45, 7) is 0. The normalized spacial score (nSPS) is 15.2. The predicted molar refractivity (Wildman–Crippen MR) is 123 cm³/mol. The summed E-state index contributed by atoms with van der Waals surface area (Å²) in [7, 11) is 0. The fraction of sp³-hybridized carbons (Fsp3) is 0.292. The molecule has 5 rings (SSSR count). The number of nitrogens with zero attached hydrogens (tertiary/aromatic N) is 3. The van der Waals surface area contributed by atoms with Gasteiger partial charge in [0.25, 0.3) is 0 Å². The van der Waals surface area contributed by atoms with Crippen LogP contribution in [0.3, 0.4) is 0 Å². The first-order valence-electron chi connectivity index (χ1n) is 10.6. The number of aromatic nitrogens is 4. The maximum atomic E-state index is 6.03. The Bertz CT molecular complexity index is 1140. The lowest BCUT2D eigenvalue weighted by Crippen LogP contribution is -2.19. The SMILES string of the molecule is Clc1ccc(-c2cnc3[nH]cc(-c4ccnc(NC5CCCCCC5)n4)c3c2)cc1. The second-order valence-electron chi connectivity index (χ2n) is 7.93. The zero-order valence-corrected chi connectivity index (χ0v) is 17.5. The van der Waals surface area contributed by atoms with Crippen LogP contribution in [0.5, 0.6) is 0 Å². The number of pyridine rings is 1. The summed E-state index contributed by atoms with van der Waals surface area (Å²) in [5.41, 5.74) is 4.90. The summed E-state index contributed by atoms with van der Waals surface area (Å²) in [4.78, 5) is 17.2. The van der Waals surface area contributed by atoms with Crippen LogP contribution < -0.4 is 5.32 Å². The summed E-state index contributed by atoms with van der Waals surface area (Å²) < 4.78 is 0. The first kappa shape index (κ1) is 19.1. The molecule has 0 spiro atoms. The van der Waals surface area contributed by atoms with Gasteiger partial charge in [0.15, 0.2) is 0 Å². The predicted octanol–water partition coefficient (Wildman–Crippen LogP) is 6.48.